The first-order valence-corrected chi connectivity index (χ1v) is 8.95. The molecule has 0 bridgehead atoms. The van der Waals surface area contributed by atoms with Gasteiger partial charge in [0, 0.05) is 29.2 Å². The van der Waals surface area contributed by atoms with Gasteiger partial charge in [0.1, 0.15) is 12.4 Å². The highest BCUT2D eigenvalue weighted by atomic mass is 19.1. The molecule has 7 heteroatoms. The zero-order valence-corrected chi connectivity index (χ0v) is 15.6. The Bertz CT molecular complexity index is 1010. The molecular formula is C21H20FN3O3. The SMILES string of the molecule is COc1cccc([C@H]2CC(=O)Nc3n[nH]c(C)c32)c1OCc1ccc(F)cc1. The summed E-state index contributed by atoms with van der Waals surface area (Å²) in [4.78, 5) is 12.2. The Hall–Kier alpha value is -3.35. The number of nitrogens with one attached hydrogen (secondary N) is 2. The van der Waals surface area contributed by atoms with Crippen molar-refractivity contribution in [3.05, 3.63) is 70.7 Å². The van der Waals surface area contributed by atoms with E-state index in [9.17, 15) is 9.18 Å². The first-order valence-electron chi connectivity index (χ1n) is 8.95. The lowest BCUT2D eigenvalue weighted by Gasteiger charge is -2.25. The molecule has 3 aromatic rings. The number of halogens is 1. The summed E-state index contributed by atoms with van der Waals surface area (Å²) in [7, 11) is 1.58. The van der Waals surface area contributed by atoms with E-state index >= 15 is 0 Å². The van der Waals surface area contributed by atoms with E-state index in [1.54, 1.807) is 19.2 Å². The molecule has 4 rings (SSSR count). The van der Waals surface area contributed by atoms with E-state index < -0.39 is 0 Å². The number of amides is 1. The smallest absolute Gasteiger partial charge is 0.226 e. The number of nitrogens with zero attached hydrogens (tertiary/aromatic N) is 1. The molecule has 28 heavy (non-hydrogen) atoms. The third-order valence-corrected chi connectivity index (χ3v) is 4.89. The van der Waals surface area contributed by atoms with E-state index in [1.807, 2.05) is 25.1 Å². The second-order valence-electron chi connectivity index (χ2n) is 6.71. The Morgan fingerprint density at radius 3 is 2.75 bits per heavy atom. The highest BCUT2D eigenvalue weighted by Gasteiger charge is 2.33. The average molecular weight is 381 g/mol. The molecular weight excluding hydrogens is 361 g/mol. The third-order valence-electron chi connectivity index (χ3n) is 4.89. The van der Waals surface area contributed by atoms with Gasteiger partial charge in [-0.25, -0.2) is 4.39 Å². The minimum atomic E-state index is -0.294. The van der Waals surface area contributed by atoms with Crippen LogP contribution in [0.25, 0.3) is 0 Å². The van der Waals surface area contributed by atoms with Gasteiger partial charge in [-0.2, -0.15) is 5.10 Å². The van der Waals surface area contributed by atoms with Crippen LogP contribution in [0.15, 0.2) is 42.5 Å². The third kappa shape index (κ3) is 3.31. The quantitative estimate of drug-likeness (QED) is 0.702. The molecule has 1 aliphatic heterocycles. The van der Waals surface area contributed by atoms with Crippen LogP contribution in [-0.4, -0.2) is 23.2 Å². The van der Waals surface area contributed by atoms with Crippen molar-refractivity contribution in [1.29, 1.82) is 0 Å². The summed E-state index contributed by atoms with van der Waals surface area (Å²) in [5.41, 5.74) is 3.52. The minimum Gasteiger partial charge on any atom is -0.493 e. The topological polar surface area (TPSA) is 76.2 Å². The van der Waals surface area contributed by atoms with Crippen LogP contribution < -0.4 is 14.8 Å². The van der Waals surface area contributed by atoms with Gasteiger partial charge in [-0.3, -0.25) is 9.89 Å². The van der Waals surface area contributed by atoms with Crippen molar-refractivity contribution in [1.82, 2.24) is 10.2 Å². The Labute approximate surface area is 161 Å². The highest BCUT2D eigenvalue weighted by Crippen LogP contribution is 2.44. The normalized spacial score (nSPS) is 15.7. The molecule has 0 saturated carbocycles. The summed E-state index contributed by atoms with van der Waals surface area (Å²) >= 11 is 0. The van der Waals surface area contributed by atoms with Crippen LogP contribution in [0.5, 0.6) is 11.5 Å². The fourth-order valence-corrected chi connectivity index (χ4v) is 3.55. The number of carbonyl (C=O) groups excluding carboxylic acids is 1. The molecule has 0 aliphatic carbocycles. The van der Waals surface area contributed by atoms with Crippen molar-refractivity contribution in [2.24, 2.45) is 0 Å². The summed E-state index contributed by atoms with van der Waals surface area (Å²) < 4.78 is 24.7. The number of methoxy groups -OCH3 is 1. The number of carbonyl (C=O) groups is 1. The molecule has 2 aromatic carbocycles. The van der Waals surface area contributed by atoms with Crippen molar-refractivity contribution < 1.29 is 18.7 Å². The van der Waals surface area contributed by atoms with Gasteiger partial charge in [0.2, 0.25) is 5.91 Å². The van der Waals surface area contributed by atoms with Crippen molar-refractivity contribution in [3.8, 4) is 11.5 Å². The zero-order chi connectivity index (χ0) is 19.7. The fraction of sp³-hybridized carbons (Fsp3) is 0.238. The molecule has 1 amide bonds. The maximum atomic E-state index is 13.2. The maximum absolute atomic E-state index is 13.2. The Morgan fingerprint density at radius 1 is 1.21 bits per heavy atom. The maximum Gasteiger partial charge on any atom is 0.226 e. The number of anilines is 1. The van der Waals surface area contributed by atoms with E-state index in [2.05, 4.69) is 15.5 Å². The van der Waals surface area contributed by atoms with E-state index in [-0.39, 0.29) is 30.7 Å². The van der Waals surface area contributed by atoms with Gasteiger partial charge in [0.25, 0.3) is 0 Å². The number of H-pyrrole nitrogens is 1. The Morgan fingerprint density at radius 2 is 2.00 bits per heavy atom. The second kappa shape index (κ2) is 7.34. The largest absolute Gasteiger partial charge is 0.493 e. The molecule has 2 heterocycles. The number of rotatable bonds is 5. The number of ether oxygens (including phenoxy) is 2. The van der Waals surface area contributed by atoms with Gasteiger partial charge in [-0.15, -0.1) is 0 Å². The van der Waals surface area contributed by atoms with Gasteiger partial charge < -0.3 is 14.8 Å². The molecule has 1 aliphatic rings. The molecule has 2 N–H and O–H groups in total. The highest BCUT2D eigenvalue weighted by molar-refractivity contribution is 5.94. The Balaban J connectivity index is 1.72. The first-order chi connectivity index (χ1) is 13.6. The summed E-state index contributed by atoms with van der Waals surface area (Å²) in [5, 5.41) is 9.93. The standard InChI is InChI=1S/C21H20FN3O3/c1-12-19-16(10-18(26)23-21(19)25-24-12)15-4-3-5-17(27-2)20(15)28-11-13-6-8-14(22)9-7-13/h3-9,16H,10-11H2,1-2H3,(H2,23,24,25,26)/t16-/m1/s1. The van der Waals surface area contributed by atoms with Crippen LogP contribution in [0.1, 0.15) is 34.7 Å². The number of benzene rings is 2. The van der Waals surface area contributed by atoms with Gasteiger partial charge in [0.05, 0.1) is 7.11 Å². The lowest BCUT2D eigenvalue weighted by molar-refractivity contribution is -0.116. The van der Waals surface area contributed by atoms with E-state index in [0.717, 1.165) is 22.4 Å². The molecule has 6 nitrogen and oxygen atoms in total. The summed E-state index contributed by atoms with van der Waals surface area (Å²) in [6.45, 7) is 2.18. The number of aromatic amines is 1. The first kappa shape index (κ1) is 18.0. The molecule has 0 spiro atoms. The molecule has 0 radical (unpaired) electrons. The monoisotopic (exact) mass is 381 g/mol. The van der Waals surface area contributed by atoms with Crippen molar-refractivity contribution in [2.45, 2.75) is 25.9 Å². The van der Waals surface area contributed by atoms with Crippen LogP contribution in [0.3, 0.4) is 0 Å². The predicted octanol–water partition coefficient (Wildman–Crippen LogP) is 3.92. The zero-order valence-electron chi connectivity index (χ0n) is 15.6. The van der Waals surface area contributed by atoms with E-state index in [0.29, 0.717) is 17.3 Å². The lowest BCUT2D eigenvalue weighted by Crippen LogP contribution is -2.24. The van der Waals surface area contributed by atoms with Crippen LogP contribution in [0.4, 0.5) is 10.2 Å². The van der Waals surface area contributed by atoms with Crippen LogP contribution in [0.2, 0.25) is 0 Å². The fourth-order valence-electron chi connectivity index (χ4n) is 3.55. The second-order valence-corrected chi connectivity index (χ2v) is 6.71. The summed E-state index contributed by atoms with van der Waals surface area (Å²) in [6, 6.07) is 11.8. The molecule has 1 atom stereocenters. The summed E-state index contributed by atoms with van der Waals surface area (Å²) in [6.07, 6.45) is 0.285. The van der Waals surface area contributed by atoms with Crippen LogP contribution in [-0.2, 0) is 11.4 Å². The van der Waals surface area contributed by atoms with Gasteiger partial charge >= 0.3 is 0 Å². The van der Waals surface area contributed by atoms with Gasteiger partial charge in [-0.05, 0) is 30.7 Å². The molecule has 144 valence electrons. The number of para-hydroxylation sites is 1. The van der Waals surface area contributed by atoms with Crippen molar-refractivity contribution in [3.63, 3.8) is 0 Å². The number of fused-ring (bicyclic) bond motifs is 1. The minimum absolute atomic E-state index is 0.101. The van der Waals surface area contributed by atoms with Gasteiger partial charge in [-0.1, -0.05) is 24.3 Å². The number of aryl methyl sites for hydroxylation is 1. The number of hydrogen-bond donors (Lipinski definition) is 2. The summed E-state index contributed by atoms with van der Waals surface area (Å²) in [5.74, 6) is 1.09. The van der Waals surface area contributed by atoms with Crippen molar-refractivity contribution >= 4 is 11.7 Å². The van der Waals surface area contributed by atoms with Crippen LogP contribution in [0, 0.1) is 12.7 Å². The van der Waals surface area contributed by atoms with E-state index in [4.69, 9.17) is 9.47 Å². The lowest BCUT2D eigenvalue weighted by atomic mass is 9.85. The molecule has 1 aromatic heterocycles. The molecule has 0 unspecified atom stereocenters. The van der Waals surface area contributed by atoms with Crippen LogP contribution >= 0.6 is 0 Å². The number of aromatic nitrogens is 2. The number of hydrogen-bond acceptors (Lipinski definition) is 4. The van der Waals surface area contributed by atoms with Crippen molar-refractivity contribution in [2.75, 3.05) is 12.4 Å². The molecule has 0 fully saturated rings. The Kier molecular flexibility index (Phi) is 4.73. The molecule has 0 saturated heterocycles. The predicted molar refractivity (Wildman–Crippen MR) is 102 cm³/mol. The average Bonchev–Trinajstić information content (AvgIpc) is 3.07. The van der Waals surface area contributed by atoms with Gasteiger partial charge in [0.15, 0.2) is 17.3 Å². The van der Waals surface area contributed by atoms with E-state index in [1.165, 1.54) is 12.1 Å².